The molecule has 1 aromatic carbocycles. The lowest BCUT2D eigenvalue weighted by Gasteiger charge is -2.35. The molecule has 0 saturated carbocycles. The zero-order valence-electron chi connectivity index (χ0n) is 21.7. The fourth-order valence-electron chi connectivity index (χ4n) is 4.41. The van der Waals surface area contributed by atoms with Gasteiger partial charge in [0, 0.05) is 71.6 Å². The highest BCUT2D eigenvalue weighted by Gasteiger charge is 2.26. The number of halogens is 1. The molecule has 0 bridgehead atoms. The van der Waals surface area contributed by atoms with E-state index in [1.807, 2.05) is 59.8 Å². The molecule has 1 unspecified atom stereocenters. The monoisotopic (exact) mass is 529 g/mol. The number of piperazine rings is 1. The molecule has 2 aromatic heterocycles. The van der Waals surface area contributed by atoms with Crippen molar-refractivity contribution in [2.24, 2.45) is 5.92 Å². The molecular weight excluding hydrogens is 494 g/mol. The summed E-state index contributed by atoms with van der Waals surface area (Å²) in [5.41, 5.74) is 1.10. The zero-order chi connectivity index (χ0) is 25.5. The first-order valence-corrected chi connectivity index (χ1v) is 12.5. The van der Waals surface area contributed by atoms with E-state index in [0.717, 1.165) is 24.5 Å². The molecule has 2 amide bonds. The minimum atomic E-state index is -0.0985. The van der Waals surface area contributed by atoms with Crippen molar-refractivity contribution in [1.29, 1.82) is 0 Å². The summed E-state index contributed by atoms with van der Waals surface area (Å²) in [5.74, 6) is 2.12. The molecular formula is C26H36ClN7O3. The van der Waals surface area contributed by atoms with Crippen molar-refractivity contribution in [3.63, 3.8) is 0 Å². The van der Waals surface area contributed by atoms with Gasteiger partial charge in [-0.25, -0.2) is 4.98 Å². The molecule has 3 heterocycles. The minimum Gasteiger partial charge on any atom is -0.341 e. The Kier molecular flexibility index (Phi) is 10.2. The second-order valence-corrected chi connectivity index (χ2v) is 9.47. The van der Waals surface area contributed by atoms with E-state index in [9.17, 15) is 9.59 Å². The van der Waals surface area contributed by atoms with E-state index < -0.39 is 0 Å². The van der Waals surface area contributed by atoms with Gasteiger partial charge in [-0.1, -0.05) is 42.4 Å². The van der Waals surface area contributed by atoms with Gasteiger partial charge in [-0.15, -0.1) is 12.4 Å². The van der Waals surface area contributed by atoms with Crippen molar-refractivity contribution in [2.75, 3.05) is 33.2 Å². The van der Waals surface area contributed by atoms with Gasteiger partial charge in [0.25, 0.3) is 0 Å². The summed E-state index contributed by atoms with van der Waals surface area (Å²) >= 11 is 0. The van der Waals surface area contributed by atoms with Crippen LogP contribution in [0.15, 0.2) is 47.2 Å². The molecule has 0 radical (unpaired) electrons. The third kappa shape index (κ3) is 7.87. The number of imidazole rings is 1. The number of carbonyl (C=O) groups is 2. The lowest BCUT2D eigenvalue weighted by atomic mass is 10.1. The van der Waals surface area contributed by atoms with Crippen LogP contribution in [0.1, 0.15) is 36.4 Å². The van der Waals surface area contributed by atoms with Crippen molar-refractivity contribution in [2.45, 2.75) is 46.3 Å². The number of aryl methyl sites for hydroxylation is 2. The number of carbonyl (C=O) groups excluding carboxylic acids is 2. The quantitative estimate of drug-likeness (QED) is 0.398. The normalized spacial score (nSPS) is 14.7. The van der Waals surface area contributed by atoms with Crippen LogP contribution in [-0.2, 0) is 35.6 Å². The first-order chi connectivity index (χ1) is 17.4. The zero-order valence-corrected chi connectivity index (χ0v) is 22.6. The number of hydrogen-bond donors (Lipinski definition) is 0. The van der Waals surface area contributed by atoms with Gasteiger partial charge in [0.2, 0.25) is 17.7 Å². The average molecular weight is 530 g/mol. The SMILES string of the molecule is Cc1nccn1CC(C)C(=O)N1CCN(Cc2noc(CCC(=O)N(C)Cc3ccccc3)n2)CC1.Cl. The maximum absolute atomic E-state index is 12.9. The Labute approximate surface area is 224 Å². The van der Waals surface area contributed by atoms with Crippen LogP contribution in [0.2, 0.25) is 0 Å². The van der Waals surface area contributed by atoms with Crippen LogP contribution in [-0.4, -0.2) is 79.4 Å². The molecule has 0 spiro atoms. The standard InChI is InChI=1S/C26H35N7O3.ClH/c1-20(17-33-12-11-27-21(33)2)26(35)32-15-13-31(14-16-32)19-23-28-24(36-29-23)9-10-25(34)30(3)18-22-7-5-4-6-8-22;/h4-8,11-12,20H,9-10,13-19H2,1-3H3;1H. The molecule has 0 N–H and O–H groups in total. The van der Waals surface area contributed by atoms with E-state index in [0.29, 0.717) is 57.3 Å². The summed E-state index contributed by atoms with van der Waals surface area (Å²) < 4.78 is 7.39. The summed E-state index contributed by atoms with van der Waals surface area (Å²) in [7, 11) is 1.80. The van der Waals surface area contributed by atoms with Crippen molar-refractivity contribution in [1.82, 2.24) is 34.4 Å². The van der Waals surface area contributed by atoms with Crippen LogP contribution in [0.4, 0.5) is 0 Å². The molecule has 1 saturated heterocycles. The van der Waals surface area contributed by atoms with Gasteiger partial charge in [0.05, 0.1) is 12.5 Å². The van der Waals surface area contributed by atoms with Gasteiger partial charge in [0.15, 0.2) is 5.82 Å². The fourth-order valence-corrected chi connectivity index (χ4v) is 4.41. The fraction of sp³-hybridized carbons (Fsp3) is 0.500. The Morgan fingerprint density at radius 3 is 2.54 bits per heavy atom. The number of nitrogens with zero attached hydrogens (tertiary/aromatic N) is 7. The van der Waals surface area contributed by atoms with Crippen molar-refractivity contribution in [3.05, 3.63) is 65.8 Å². The van der Waals surface area contributed by atoms with E-state index >= 15 is 0 Å². The average Bonchev–Trinajstić information content (AvgIpc) is 3.51. The lowest BCUT2D eigenvalue weighted by Crippen LogP contribution is -2.50. The highest BCUT2D eigenvalue weighted by molar-refractivity contribution is 5.85. The molecule has 1 aliphatic rings. The van der Waals surface area contributed by atoms with Crippen LogP contribution < -0.4 is 0 Å². The summed E-state index contributed by atoms with van der Waals surface area (Å²) in [5, 5.41) is 4.09. The number of hydrogen-bond acceptors (Lipinski definition) is 7. The lowest BCUT2D eigenvalue weighted by molar-refractivity contribution is -0.137. The summed E-state index contributed by atoms with van der Waals surface area (Å²) in [4.78, 5) is 39.9. The summed E-state index contributed by atoms with van der Waals surface area (Å²) in [6.45, 7) is 8.58. The van der Waals surface area contributed by atoms with E-state index in [2.05, 4.69) is 20.0 Å². The van der Waals surface area contributed by atoms with Crippen LogP contribution in [0.25, 0.3) is 0 Å². The molecule has 1 atom stereocenters. The van der Waals surface area contributed by atoms with Crippen LogP contribution in [0.3, 0.4) is 0 Å². The maximum Gasteiger partial charge on any atom is 0.227 e. The Bertz CT molecular complexity index is 1140. The predicted molar refractivity (Wildman–Crippen MR) is 141 cm³/mol. The molecule has 0 aliphatic carbocycles. The summed E-state index contributed by atoms with van der Waals surface area (Å²) in [6, 6.07) is 9.91. The van der Waals surface area contributed by atoms with Gasteiger partial charge >= 0.3 is 0 Å². The van der Waals surface area contributed by atoms with Crippen molar-refractivity contribution < 1.29 is 14.1 Å². The third-order valence-corrected chi connectivity index (χ3v) is 6.62. The molecule has 1 fully saturated rings. The Morgan fingerprint density at radius 1 is 1.14 bits per heavy atom. The number of amides is 2. The van der Waals surface area contributed by atoms with Gasteiger partial charge in [-0.2, -0.15) is 4.98 Å². The maximum atomic E-state index is 12.9. The molecule has 10 nitrogen and oxygen atoms in total. The Morgan fingerprint density at radius 2 is 1.86 bits per heavy atom. The van der Waals surface area contributed by atoms with Crippen LogP contribution in [0.5, 0.6) is 0 Å². The third-order valence-electron chi connectivity index (χ3n) is 6.62. The smallest absolute Gasteiger partial charge is 0.227 e. The summed E-state index contributed by atoms with van der Waals surface area (Å²) in [6.07, 6.45) is 4.41. The second kappa shape index (κ2) is 13.3. The number of aromatic nitrogens is 4. The van der Waals surface area contributed by atoms with E-state index in [1.54, 1.807) is 18.1 Å². The molecule has 11 heteroatoms. The molecule has 1 aliphatic heterocycles. The van der Waals surface area contributed by atoms with Gasteiger partial charge in [-0.3, -0.25) is 14.5 Å². The molecule has 200 valence electrons. The Balaban J connectivity index is 0.00000380. The first kappa shape index (κ1) is 28.3. The number of rotatable bonds is 10. The van der Waals surface area contributed by atoms with Crippen LogP contribution >= 0.6 is 12.4 Å². The van der Waals surface area contributed by atoms with Crippen molar-refractivity contribution in [3.8, 4) is 0 Å². The predicted octanol–water partition coefficient (Wildman–Crippen LogP) is 2.57. The van der Waals surface area contributed by atoms with E-state index in [1.165, 1.54) is 0 Å². The Hall–Kier alpha value is -3.24. The van der Waals surface area contributed by atoms with Gasteiger partial charge in [-0.05, 0) is 12.5 Å². The largest absolute Gasteiger partial charge is 0.341 e. The van der Waals surface area contributed by atoms with E-state index in [-0.39, 0.29) is 30.1 Å². The molecule has 3 aromatic rings. The van der Waals surface area contributed by atoms with Crippen molar-refractivity contribution >= 4 is 24.2 Å². The first-order valence-electron chi connectivity index (χ1n) is 12.5. The van der Waals surface area contributed by atoms with E-state index in [4.69, 9.17) is 4.52 Å². The van der Waals surface area contributed by atoms with Gasteiger partial charge in [0.1, 0.15) is 5.82 Å². The molecule has 37 heavy (non-hydrogen) atoms. The second-order valence-electron chi connectivity index (χ2n) is 9.47. The highest BCUT2D eigenvalue weighted by atomic mass is 35.5. The molecule has 4 rings (SSSR count). The topological polar surface area (TPSA) is 101 Å². The highest BCUT2D eigenvalue weighted by Crippen LogP contribution is 2.13. The number of benzene rings is 1. The van der Waals surface area contributed by atoms with Gasteiger partial charge < -0.3 is 18.9 Å². The minimum absolute atomic E-state index is 0. The van der Waals surface area contributed by atoms with Crippen LogP contribution in [0, 0.1) is 12.8 Å².